The van der Waals surface area contributed by atoms with Crippen molar-refractivity contribution in [2.24, 2.45) is 7.05 Å². The van der Waals surface area contributed by atoms with Crippen molar-refractivity contribution in [1.82, 2.24) is 9.55 Å². The van der Waals surface area contributed by atoms with Crippen LogP contribution in [0.5, 0.6) is 0 Å². The maximum absolute atomic E-state index is 5.82. The molecule has 0 aliphatic carbocycles. The van der Waals surface area contributed by atoms with E-state index in [1.54, 1.807) is 0 Å². The molecule has 0 aliphatic rings. The van der Waals surface area contributed by atoms with Gasteiger partial charge < -0.3 is 4.57 Å². The third-order valence-corrected chi connectivity index (χ3v) is 2.72. The standard InChI is InChI=1S/C11H10Cl2N2/c1-15-7-10(14-11(15)6-12)8-2-4-9(13)5-3-8/h2-5,7H,6H2,1H3. The monoisotopic (exact) mass is 240 g/mol. The van der Waals surface area contributed by atoms with Crippen LogP contribution in [0, 0.1) is 0 Å². The number of aromatic nitrogens is 2. The molecule has 0 radical (unpaired) electrons. The first-order valence-electron chi connectivity index (χ1n) is 4.55. The average molecular weight is 241 g/mol. The highest BCUT2D eigenvalue weighted by molar-refractivity contribution is 6.30. The molecule has 2 rings (SSSR count). The highest BCUT2D eigenvalue weighted by Crippen LogP contribution is 2.20. The maximum Gasteiger partial charge on any atom is 0.124 e. The van der Waals surface area contributed by atoms with Crippen molar-refractivity contribution in [1.29, 1.82) is 0 Å². The Morgan fingerprint density at radius 2 is 1.93 bits per heavy atom. The third-order valence-electron chi connectivity index (χ3n) is 2.23. The SMILES string of the molecule is Cn1cc(-c2ccc(Cl)cc2)nc1CCl. The lowest BCUT2D eigenvalue weighted by Crippen LogP contribution is -1.91. The summed E-state index contributed by atoms with van der Waals surface area (Å²) >= 11 is 11.6. The van der Waals surface area contributed by atoms with Crippen molar-refractivity contribution in [3.63, 3.8) is 0 Å². The molecule has 2 aromatic rings. The molecule has 2 nitrogen and oxygen atoms in total. The highest BCUT2D eigenvalue weighted by Gasteiger charge is 2.05. The Hall–Kier alpha value is -0.990. The summed E-state index contributed by atoms with van der Waals surface area (Å²) in [5.74, 6) is 1.28. The number of halogens is 2. The molecular weight excluding hydrogens is 231 g/mol. The highest BCUT2D eigenvalue weighted by atomic mass is 35.5. The summed E-state index contributed by atoms with van der Waals surface area (Å²) < 4.78 is 1.93. The molecule has 0 aliphatic heterocycles. The van der Waals surface area contributed by atoms with E-state index in [0.717, 1.165) is 22.1 Å². The summed E-state index contributed by atoms with van der Waals surface area (Å²) in [5.41, 5.74) is 1.97. The van der Waals surface area contributed by atoms with Gasteiger partial charge in [-0.1, -0.05) is 23.7 Å². The van der Waals surface area contributed by atoms with Crippen LogP contribution in [-0.4, -0.2) is 9.55 Å². The van der Waals surface area contributed by atoms with Gasteiger partial charge in [0.25, 0.3) is 0 Å². The fourth-order valence-corrected chi connectivity index (χ4v) is 1.76. The van der Waals surface area contributed by atoms with Gasteiger partial charge in [-0.2, -0.15) is 0 Å². The van der Waals surface area contributed by atoms with Crippen LogP contribution in [0.25, 0.3) is 11.3 Å². The molecule has 4 heteroatoms. The predicted molar refractivity (Wildman–Crippen MR) is 63.2 cm³/mol. The number of rotatable bonds is 2. The Labute approximate surface area is 98.5 Å². The molecule has 0 fully saturated rings. The van der Waals surface area contributed by atoms with Crippen molar-refractivity contribution >= 4 is 23.2 Å². The molecule has 1 aromatic carbocycles. The van der Waals surface area contributed by atoms with Crippen molar-refractivity contribution in [3.05, 3.63) is 41.3 Å². The van der Waals surface area contributed by atoms with E-state index in [0.29, 0.717) is 5.88 Å². The van der Waals surface area contributed by atoms with E-state index in [1.165, 1.54) is 0 Å². The number of aryl methyl sites for hydroxylation is 1. The first-order chi connectivity index (χ1) is 7.20. The second-order valence-electron chi connectivity index (χ2n) is 3.29. The molecule has 0 atom stereocenters. The van der Waals surface area contributed by atoms with Gasteiger partial charge >= 0.3 is 0 Å². The molecule has 15 heavy (non-hydrogen) atoms. The van der Waals surface area contributed by atoms with Crippen molar-refractivity contribution in [2.45, 2.75) is 5.88 Å². The Balaban J connectivity index is 2.41. The Morgan fingerprint density at radius 1 is 1.27 bits per heavy atom. The number of nitrogens with zero attached hydrogens (tertiary/aromatic N) is 2. The minimum absolute atomic E-state index is 0.421. The van der Waals surface area contributed by atoms with Crippen LogP contribution >= 0.6 is 23.2 Å². The number of hydrogen-bond acceptors (Lipinski definition) is 1. The second-order valence-corrected chi connectivity index (χ2v) is 4.00. The minimum atomic E-state index is 0.421. The number of imidazole rings is 1. The van der Waals surface area contributed by atoms with Gasteiger partial charge in [-0.3, -0.25) is 0 Å². The van der Waals surface area contributed by atoms with Crippen LogP contribution in [0.3, 0.4) is 0 Å². The molecule has 0 amide bonds. The fourth-order valence-electron chi connectivity index (χ4n) is 1.39. The normalized spacial score (nSPS) is 10.6. The van der Waals surface area contributed by atoms with Gasteiger partial charge in [0, 0.05) is 23.8 Å². The van der Waals surface area contributed by atoms with Gasteiger partial charge in [0.05, 0.1) is 11.6 Å². The Kier molecular flexibility index (Phi) is 2.98. The van der Waals surface area contributed by atoms with Crippen molar-refractivity contribution < 1.29 is 0 Å². The zero-order chi connectivity index (χ0) is 10.8. The first kappa shape index (κ1) is 10.5. The molecule has 1 heterocycles. The molecule has 0 bridgehead atoms. The quantitative estimate of drug-likeness (QED) is 0.736. The largest absolute Gasteiger partial charge is 0.336 e. The number of benzene rings is 1. The lowest BCUT2D eigenvalue weighted by atomic mass is 10.2. The molecular formula is C11H10Cl2N2. The second kappa shape index (κ2) is 4.25. The lowest BCUT2D eigenvalue weighted by molar-refractivity contribution is 0.847. The minimum Gasteiger partial charge on any atom is -0.336 e. The van der Waals surface area contributed by atoms with Gasteiger partial charge in [0.15, 0.2) is 0 Å². The molecule has 1 aromatic heterocycles. The maximum atomic E-state index is 5.82. The molecule has 0 saturated heterocycles. The summed E-state index contributed by atoms with van der Waals surface area (Å²) in [7, 11) is 1.93. The van der Waals surface area contributed by atoms with E-state index in [2.05, 4.69) is 4.98 Å². The Morgan fingerprint density at radius 3 is 2.47 bits per heavy atom. The van der Waals surface area contributed by atoms with Crippen molar-refractivity contribution in [2.75, 3.05) is 0 Å². The van der Waals surface area contributed by atoms with E-state index in [1.807, 2.05) is 42.1 Å². The fraction of sp³-hybridized carbons (Fsp3) is 0.182. The van der Waals surface area contributed by atoms with Gasteiger partial charge in [0.2, 0.25) is 0 Å². The lowest BCUT2D eigenvalue weighted by Gasteiger charge is -1.95. The van der Waals surface area contributed by atoms with Crippen LogP contribution in [0.1, 0.15) is 5.82 Å². The number of alkyl halides is 1. The predicted octanol–water partition coefficient (Wildman–Crippen LogP) is 3.48. The van der Waals surface area contributed by atoms with Crippen LogP contribution in [0.4, 0.5) is 0 Å². The summed E-state index contributed by atoms with van der Waals surface area (Å²) in [6, 6.07) is 7.60. The molecule has 0 spiro atoms. The van der Waals surface area contributed by atoms with Crippen molar-refractivity contribution in [3.8, 4) is 11.3 Å². The summed E-state index contributed by atoms with van der Waals surface area (Å²) in [6.07, 6.45) is 1.96. The van der Waals surface area contributed by atoms with Crippen LogP contribution in [0.2, 0.25) is 5.02 Å². The smallest absolute Gasteiger partial charge is 0.124 e. The molecule has 0 saturated carbocycles. The van der Waals surface area contributed by atoms with Crippen LogP contribution < -0.4 is 0 Å². The van der Waals surface area contributed by atoms with E-state index < -0.39 is 0 Å². The molecule has 78 valence electrons. The number of hydrogen-bond donors (Lipinski definition) is 0. The van der Waals surface area contributed by atoms with E-state index in [-0.39, 0.29) is 0 Å². The zero-order valence-corrected chi connectivity index (χ0v) is 9.76. The molecule has 0 N–H and O–H groups in total. The molecule has 0 unspecified atom stereocenters. The van der Waals surface area contributed by atoms with E-state index >= 15 is 0 Å². The summed E-state index contributed by atoms with van der Waals surface area (Å²) in [4.78, 5) is 4.42. The summed E-state index contributed by atoms with van der Waals surface area (Å²) in [5, 5.41) is 0.729. The topological polar surface area (TPSA) is 17.8 Å². The van der Waals surface area contributed by atoms with E-state index in [4.69, 9.17) is 23.2 Å². The van der Waals surface area contributed by atoms with Crippen LogP contribution in [-0.2, 0) is 12.9 Å². The van der Waals surface area contributed by atoms with Crippen LogP contribution in [0.15, 0.2) is 30.5 Å². The first-order valence-corrected chi connectivity index (χ1v) is 5.46. The van der Waals surface area contributed by atoms with Gasteiger partial charge in [0.1, 0.15) is 5.82 Å². The Bertz CT molecular complexity index is 460. The van der Waals surface area contributed by atoms with Gasteiger partial charge in [-0.25, -0.2) is 4.98 Å². The van der Waals surface area contributed by atoms with Gasteiger partial charge in [-0.15, -0.1) is 11.6 Å². The average Bonchev–Trinajstić information content (AvgIpc) is 2.61. The summed E-state index contributed by atoms with van der Waals surface area (Å²) in [6.45, 7) is 0. The third kappa shape index (κ3) is 2.16. The van der Waals surface area contributed by atoms with Gasteiger partial charge in [-0.05, 0) is 12.1 Å². The zero-order valence-electron chi connectivity index (χ0n) is 8.24. The van der Waals surface area contributed by atoms with E-state index in [9.17, 15) is 0 Å².